The molecule has 1 amide bonds. The van der Waals surface area contributed by atoms with Crippen molar-refractivity contribution in [2.75, 3.05) is 5.32 Å². The molecule has 0 bridgehead atoms. The molecule has 5 rings (SSSR count). The van der Waals surface area contributed by atoms with Crippen molar-refractivity contribution < 1.29 is 9.21 Å². The minimum Gasteiger partial charge on any atom is -0.455 e. The fraction of sp³-hybridized carbons (Fsp3) is 0.231. The number of para-hydroxylation sites is 1. The summed E-state index contributed by atoms with van der Waals surface area (Å²) >= 11 is 6.33. The number of carbonyl (C=O) groups excluding carboxylic acids is 1. The zero-order valence-corrected chi connectivity index (χ0v) is 19.1. The second-order valence-corrected chi connectivity index (χ2v) is 8.77. The SMILES string of the molecule is Cc1cccc(C)c1NC(=O)c1oc2c(c1C)-c1nn(Cc3ccccc3Cl)cc1CC2. The molecule has 0 saturated heterocycles. The number of hydrogen-bond donors (Lipinski definition) is 1. The number of halogens is 1. The lowest BCUT2D eigenvalue weighted by Crippen LogP contribution is -2.14. The number of carbonyl (C=O) groups is 1. The standard InChI is InChI=1S/C26H24ClN3O2/c1-15-7-6-8-16(2)23(15)28-26(31)25-17(3)22-21(32-25)12-11-19-14-30(29-24(19)22)13-18-9-4-5-10-20(18)27/h4-10,14H,11-13H2,1-3H3,(H,28,31). The molecule has 6 heteroatoms. The molecular formula is C26H24ClN3O2. The number of aromatic nitrogens is 2. The van der Waals surface area contributed by atoms with Gasteiger partial charge in [-0.25, -0.2) is 0 Å². The van der Waals surface area contributed by atoms with Crippen LogP contribution in [0.15, 0.2) is 53.1 Å². The van der Waals surface area contributed by atoms with Crippen LogP contribution in [0.4, 0.5) is 5.69 Å². The summed E-state index contributed by atoms with van der Waals surface area (Å²) in [6.45, 7) is 6.50. The first kappa shape index (κ1) is 20.6. The van der Waals surface area contributed by atoms with Gasteiger partial charge in [0, 0.05) is 34.5 Å². The molecule has 0 aliphatic heterocycles. The number of furan rings is 1. The van der Waals surface area contributed by atoms with E-state index in [4.69, 9.17) is 21.1 Å². The molecule has 5 nitrogen and oxygen atoms in total. The Morgan fingerprint density at radius 2 is 1.84 bits per heavy atom. The van der Waals surface area contributed by atoms with Gasteiger partial charge in [0.25, 0.3) is 5.91 Å². The van der Waals surface area contributed by atoms with E-state index in [9.17, 15) is 4.79 Å². The van der Waals surface area contributed by atoms with Crippen LogP contribution in [0.3, 0.4) is 0 Å². The van der Waals surface area contributed by atoms with Crippen molar-refractivity contribution in [2.24, 2.45) is 0 Å². The Kier molecular flexibility index (Phi) is 5.14. The van der Waals surface area contributed by atoms with Crippen LogP contribution in [0.2, 0.25) is 5.02 Å². The van der Waals surface area contributed by atoms with Gasteiger partial charge < -0.3 is 9.73 Å². The van der Waals surface area contributed by atoms with Gasteiger partial charge in [0.1, 0.15) is 5.76 Å². The summed E-state index contributed by atoms with van der Waals surface area (Å²) in [7, 11) is 0. The van der Waals surface area contributed by atoms with Crippen molar-refractivity contribution in [1.29, 1.82) is 0 Å². The van der Waals surface area contributed by atoms with Gasteiger partial charge in [-0.15, -0.1) is 0 Å². The van der Waals surface area contributed by atoms with Crippen LogP contribution >= 0.6 is 11.6 Å². The molecule has 32 heavy (non-hydrogen) atoms. The monoisotopic (exact) mass is 445 g/mol. The normalized spacial score (nSPS) is 12.4. The topological polar surface area (TPSA) is 60.1 Å². The summed E-state index contributed by atoms with van der Waals surface area (Å²) in [4.78, 5) is 13.1. The zero-order valence-electron chi connectivity index (χ0n) is 18.3. The fourth-order valence-corrected chi connectivity index (χ4v) is 4.64. The first-order valence-electron chi connectivity index (χ1n) is 10.7. The predicted octanol–water partition coefficient (Wildman–Crippen LogP) is 6.12. The maximum absolute atomic E-state index is 13.1. The number of fused-ring (bicyclic) bond motifs is 3. The Morgan fingerprint density at radius 3 is 2.59 bits per heavy atom. The van der Waals surface area contributed by atoms with Gasteiger partial charge in [-0.2, -0.15) is 5.10 Å². The number of benzene rings is 2. The quantitative estimate of drug-likeness (QED) is 0.411. The molecule has 162 valence electrons. The summed E-state index contributed by atoms with van der Waals surface area (Å²) in [5, 5.41) is 8.61. The van der Waals surface area contributed by atoms with E-state index in [0.717, 1.165) is 68.4 Å². The number of amides is 1. The van der Waals surface area contributed by atoms with Crippen LogP contribution in [0.25, 0.3) is 11.3 Å². The van der Waals surface area contributed by atoms with Gasteiger partial charge in [-0.05, 0) is 55.5 Å². The molecule has 0 saturated carbocycles. The number of rotatable bonds is 4. The zero-order chi connectivity index (χ0) is 22.4. The van der Waals surface area contributed by atoms with Crippen LogP contribution < -0.4 is 5.32 Å². The highest BCUT2D eigenvalue weighted by Crippen LogP contribution is 2.38. The average molecular weight is 446 g/mol. The van der Waals surface area contributed by atoms with Crippen molar-refractivity contribution in [3.05, 3.63) is 93.0 Å². The van der Waals surface area contributed by atoms with Crippen LogP contribution in [0, 0.1) is 20.8 Å². The van der Waals surface area contributed by atoms with Gasteiger partial charge in [-0.1, -0.05) is 48.0 Å². The third-order valence-corrected chi connectivity index (χ3v) is 6.50. The minimum atomic E-state index is -0.230. The Morgan fingerprint density at radius 1 is 1.09 bits per heavy atom. The molecule has 0 radical (unpaired) electrons. The Bertz CT molecular complexity index is 1330. The van der Waals surface area contributed by atoms with Crippen molar-refractivity contribution in [1.82, 2.24) is 9.78 Å². The van der Waals surface area contributed by atoms with Crippen molar-refractivity contribution in [2.45, 2.75) is 40.2 Å². The third kappa shape index (κ3) is 3.53. The highest BCUT2D eigenvalue weighted by atomic mass is 35.5. The largest absolute Gasteiger partial charge is 0.455 e. The van der Waals surface area contributed by atoms with Crippen molar-refractivity contribution >= 4 is 23.2 Å². The summed E-state index contributed by atoms with van der Waals surface area (Å²) < 4.78 is 7.99. The molecule has 0 fully saturated rings. The van der Waals surface area contributed by atoms with E-state index >= 15 is 0 Å². The average Bonchev–Trinajstić information content (AvgIpc) is 3.32. The van der Waals surface area contributed by atoms with E-state index in [-0.39, 0.29) is 5.91 Å². The summed E-state index contributed by atoms with van der Waals surface area (Å²) in [5.74, 6) is 0.946. The van der Waals surface area contributed by atoms with E-state index < -0.39 is 0 Å². The second-order valence-electron chi connectivity index (χ2n) is 8.37. The maximum atomic E-state index is 13.1. The molecule has 2 aromatic carbocycles. The molecule has 0 atom stereocenters. The third-order valence-electron chi connectivity index (χ3n) is 6.13. The van der Waals surface area contributed by atoms with Crippen molar-refractivity contribution in [3.8, 4) is 11.3 Å². The Balaban J connectivity index is 1.47. The number of anilines is 1. The van der Waals surface area contributed by atoms with Gasteiger partial charge in [0.15, 0.2) is 5.76 Å². The molecule has 1 aliphatic carbocycles. The van der Waals surface area contributed by atoms with Crippen LogP contribution in [0.1, 0.15) is 44.1 Å². The van der Waals surface area contributed by atoms with Crippen molar-refractivity contribution in [3.63, 3.8) is 0 Å². The van der Waals surface area contributed by atoms with Gasteiger partial charge >= 0.3 is 0 Å². The van der Waals surface area contributed by atoms with E-state index in [1.54, 1.807) is 0 Å². The maximum Gasteiger partial charge on any atom is 0.291 e. The Labute approximate surface area is 192 Å². The summed E-state index contributed by atoms with van der Waals surface area (Å²) in [6.07, 6.45) is 3.65. The molecule has 1 N–H and O–H groups in total. The lowest BCUT2D eigenvalue weighted by Gasteiger charge is -2.10. The van der Waals surface area contributed by atoms with Crippen LogP contribution in [-0.2, 0) is 19.4 Å². The van der Waals surface area contributed by atoms with E-state index in [2.05, 4.69) is 11.5 Å². The summed E-state index contributed by atoms with van der Waals surface area (Å²) in [5.41, 5.74) is 7.72. The molecular weight excluding hydrogens is 422 g/mol. The highest BCUT2D eigenvalue weighted by Gasteiger charge is 2.30. The molecule has 0 spiro atoms. The molecule has 2 aromatic heterocycles. The number of aryl methyl sites for hydroxylation is 4. The van der Waals surface area contributed by atoms with Gasteiger partial charge in [-0.3, -0.25) is 9.48 Å². The van der Waals surface area contributed by atoms with Crippen LogP contribution in [0.5, 0.6) is 0 Å². The Hall–Kier alpha value is -3.31. The van der Waals surface area contributed by atoms with E-state index in [1.807, 2.05) is 67.9 Å². The number of hydrogen-bond acceptors (Lipinski definition) is 3. The van der Waals surface area contributed by atoms with Crippen LogP contribution in [-0.4, -0.2) is 15.7 Å². The van der Waals surface area contributed by atoms with Gasteiger partial charge in [0.05, 0.1) is 12.2 Å². The first-order valence-corrected chi connectivity index (χ1v) is 11.1. The molecule has 4 aromatic rings. The number of nitrogens with zero attached hydrogens (tertiary/aromatic N) is 2. The lowest BCUT2D eigenvalue weighted by molar-refractivity contribution is 0.0994. The summed E-state index contributed by atoms with van der Waals surface area (Å²) in [6, 6.07) is 13.8. The van der Waals surface area contributed by atoms with Gasteiger partial charge in [0.2, 0.25) is 0 Å². The fourth-order valence-electron chi connectivity index (χ4n) is 4.44. The molecule has 2 heterocycles. The van der Waals surface area contributed by atoms with E-state index in [1.165, 1.54) is 0 Å². The molecule has 0 unspecified atom stereocenters. The van der Waals surface area contributed by atoms with E-state index in [0.29, 0.717) is 12.3 Å². The number of nitrogens with one attached hydrogen (secondary N) is 1. The molecule has 1 aliphatic rings. The second kappa shape index (κ2) is 7.99. The first-order chi connectivity index (χ1) is 15.4. The highest BCUT2D eigenvalue weighted by molar-refractivity contribution is 6.31. The minimum absolute atomic E-state index is 0.230. The smallest absolute Gasteiger partial charge is 0.291 e. The predicted molar refractivity (Wildman–Crippen MR) is 126 cm³/mol. The lowest BCUT2D eigenvalue weighted by atomic mass is 9.93.